The predicted octanol–water partition coefficient (Wildman–Crippen LogP) is 5.66. The van der Waals surface area contributed by atoms with E-state index in [0.717, 1.165) is 36.1 Å². The van der Waals surface area contributed by atoms with Gasteiger partial charge in [-0.1, -0.05) is 39.5 Å². The van der Waals surface area contributed by atoms with Gasteiger partial charge in [0.15, 0.2) is 0 Å². The average molecular weight is 313 g/mol. The molecule has 0 saturated heterocycles. The molecule has 0 aromatic heterocycles. The second kappa shape index (κ2) is 8.12. The van der Waals surface area contributed by atoms with Crippen LogP contribution in [0.2, 0.25) is 11.1 Å². The first-order valence-electron chi connectivity index (χ1n) is 9.40. The summed E-state index contributed by atoms with van der Waals surface area (Å²) in [5.74, 6) is 1.76. The zero-order valence-corrected chi connectivity index (χ0v) is 15.7. The highest BCUT2D eigenvalue weighted by Gasteiger charge is 2.53. The van der Waals surface area contributed by atoms with Crippen molar-refractivity contribution in [2.24, 2.45) is 11.8 Å². The molecule has 2 saturated carbocycles. The highest BCUT2D eigenvalue weighted by Crippen LogP contribution is 2.50. The first-order chi connectivity index (χ1) is 10.1. The van der Waals surface area contributed by atoms with Gasteiger partial charge in [0.1, 0.15) is 0 Å². The van der Waals surface area contributed by atoms with Gasteiger partial charge in [-0.05, 0) is 51.4 Å². The molecule has 2 nitrogen and oxygen atoms in total. The van der Waals surface area contributed by atoms with Gasteiger partial charge >= 0.3 is 8.56 Å². The Morgan fingerprint density at radius 3 is 1.90 bits per heavy atom. The van der Waals surface area contributed by atoms with Crippen molar-refractivity contribution in [1.82, 2.24) is 0 Å². The van der Waals surface area contributed by atoms with E-state index in [1.54, 1.807) is 0 Å². The van der Waals surface area contributed by atoms with E-state index in [9.17, 15) is 0 Å². The Hall–Kier alpha value is 0.137. The Labute approximate surface area is 133 Å². The predicted molar refractivity (Wildman–Crippen MR) is 91.8 cm³/mol. The van der Waals surface area contributed by atoms with Crippen molar-refractivity contribution in [3.63, 3.8) is 0 Å². The summed E-state index contributed by atoms with van der Waals surface area (Å²) < 4.78 is 13.1. The quantitative estimate of drug-likeness (QED) is 0.589. The number of rotatable bonds is 6. The first-order valence-corrected chi connectivity index (χ1v) is 11.4. The molecule has 0 bridgehead atoms. The standard InChI is InChI=1S/C18H36O2Si/c1-5-19-21(20-6-2,17-12-10-15(3)11-13-17)18-9-7-8-16(4)14-18/h15-18H,5-14H2,1-4H3. The average Bonchev–Trinajstić information content (AvgIpc) is 2.47. The lowest BCUT2D eigenvalue weighted by molar-refractivity contribution is 0.138. The number of hydrogen-bond acceptors (Lipinski definition) is 2. The van der Waals surface area contributed by atoms with Gasteiger partial charge < -0.3 is 8.85 Å². The normalized spacial score (nSPS) is 34.9. The highest BCUT2D eigenvalue weighted by atomic mass is 28.4. The molecule has 2 unspecified atom stereocenters. The Bertz CT molecular complexity index is 294. The Balaban J connectivity index is 2.18. The van der Waals surface area contributed by atoms with Crippen molar-refractivity contribution in [1.29, 1.82) is 0 Å². The molecule has 2 rings (SSSR count). The lowest BCUT2D eigenvalue weighted by Crippen LogP contribution is -2.53. The minimum absolute atomic E-state index is 0.736. The summed E-state index contributed by atoms with van der Waals surface area (Å²) in [4.78, 5) is 0. The molecule has 2 aliphatic rings. The van der Waals surface area contributed by atoms with Gasteiger partial charge in [0.05, 0.1) is 0 Å². The largest absolute Gasteiger partial charge is 0.394 e. The van der Waals surface area contributed by atoms with Crippen molar-refractivity contribution in [3.05, 3.63) is 0 Å². The maximum Gasteiger partial charge on any atom is 0.344 e. The van der Waals surface area contributed by atoms with Crippen LogP contribution in [0.15, 0.2) is 0 Å². The second-order valence-electron chi connectivity index (χ2n) is 7.51. The van der Waals surface area contributed by atoms with Crippen LogP contribution in [0.25, 0.3) is 0 Å². The smallest absolute Gasteiger partial charge is 0.344 e. The molecule has 0 aromatic carbocycles. The van der Waals surface area contributed by atoms with E-state index in [0.29, 0.717) is 0 Å². The molecule has 3 heteroatoms. The van der Waals surface area contributed by atoms with Gasteiger partial charge in [0.25, 0.3) is 0 Å². The van der Waals surface area contributed by atoms with Gasteiger partial charge in [-0.2, -0.15) is 0 Å². The molecule has 21 heavy (non-hydrogen) atoms. The molecule has 0 radical (unpaired) electrons. The molecule has 124 valence electrons. The van der Waals surface area contributed by atoms with E-state index in [1.165, 1.54) is 51.4 Å². The van der Waals surface area contributed by atoms with E-state index >= 15 is 0 Å². The molecule has 2 fully saturated rings. The summed E-state index contributed by atoms with van der Waals surface area (Å²) in [6, 6.07) is 0. The van der Waals surface area contributed by atoms with Crippen LogP contribution in [0, 0.1) is 11.8 Å². The topological polar surface area (TPSA) is 18.5 Å². The fourth-order valence-electron chi connectivity index (χ4n) is 4.76. The third-order valence-electron chi connectivity index (χ3n) is 5.83. The molecule has 2 aliphatic carbocycles. The molecule has 2 atom stereocenters. The fraction of sp³-hybridized carbons (Fsp3) is 1.00. The van der Waals surface area contributed by atoms with Crippen molar-refractivity contribution >= 4 is 8.56 Å². The Morgan fingerprint density at radius 1 is 0.762 bits per heavy atom. The number of hydrogen-bond donors (Lipinski definition) is 0. The zero-order valence-electron chi connectivity index (χ0n) is 14.7. The first kappa shape index (κ1) is 17.5. The molecule has 0 aromatic rings. The maximum absolute atomic E-state index is 6.55. The minimum Gasteiger partial charge on any atom is -0.394 e. The zero-order chi connectivity index (χ0) is 15.3. The summed E-state index contributed by atoms with van der Waals surface area (Å²) in [7, 11) is -2.07. The van der Waals surface area contributed by atoms with Gasteiger partial charge in [-0.3, -0.25) is 0 Å². The van der Waals surface area contributed by atoms with Crippen molar-refractivity contribution in [3.8, 4) is 0 Å². The van der Waals surface area contributed by atoms with Gasteiger partial charge in [0, 0.05) is 24.3 Å². The lowest BCUT2D eigenvalue weighted by Gasteiger charge is -2.46. The third-order valence-corrected chi connectivity index (χ3v) is 10.7. The molecular weight excluding hydrogens is 276 g/mol. The van der Waals surface area contributed by atoms with Gasteiger partial charge in [-0.25, -0.2) is 0 Å². The molecule has 0 heterocycles. The lowest BCUT2D eigenvalue weighted by atomic mass is 9.90. The van der Waals surface area contributed by atoms with Crippen LogP contribution in [0.1, 0.15) is 79.1 Å². The minimum atomic E-state index is -2.07. The van der Waals surface area contributed by atoms with E-state index in [-0.39, 0.29) is 0 Å². The SMILES string of the molecule is CCO[Si](OCC)(C1CCC(C)CC1)C1CCCC(C)C1. The highest BCUT2D eigenvalue weighted by molar-refractivity contribution is 6.70. The molecular formula is C18H36O2Si. The monoisotopic (exact) mass is 312 g/mol. The summed E-state index contributed by atoms with van der Waals surface area (Å²) in [5, 5.41) is 0. The third kappa shape index (κ3) is 4.11. The van der Waals surface area contributed by atoms with Crippen LogP contribution >= 0.6 is 0 Å². The van der Waals surface area contributed by atoms with Crippen molar-refractivity contribution < 1.29 is 8.85 Å². The van der Waals surface area contributed by atoms with Crippen LogP contribution in [-0.4, -0.2) is 21.8 Å². The van der Waals surface area contributed by atoms with E-state index < -0.39 is 8.56 Å². The van der Waals surface area contributed by atoms with E-state index in [4.69, 9.17) is 8.85 Å². The Morgan fingerprint density at radius 2 is 1.38 bits per heavy atom. The summed E-state index contributed by atoms with van der Waals surface area (Å²) >= 11 is 0. The fourth-order valence-corrected chi connectivity index (χ4v) is 9.83. The van der Waals surface area contributed by atoms with Crippen molar-refractivity contribution in [2.75, 3.05) is 13.2 Å². The molecule has 0 amide bonds. The van der Waals surface area contributed by atoms with Crippen LogP contribution in [-0.2, 0) is 8.85 Å². The summed E-state index contributed by atoms with van der Waals surface area (Å²) in [6.45, 7) is 10.8. The van der Waals surface area contributed by atoms with Crippen molar-refractivity contribution in [2.45, 2.75) is 90.1 Å². The van der Waals surface area contributed by atoms with Crippen LogP contribution in [0.4, 0.5) is 0 Å². The molecule has 0 spiro atoms. The van der Waals surface area contributed by atoms with E-state index in [1.807, 2.05) is 0 Å². The van der Waals surface area contributed by atoms with Crippen LogP contribution in [0.5, 0.6) is 0 Å². The summed E-state index contributed by atoms with van der Waals surface area (Å²) in [6.07, 6.45) is 10.9. The van der Waals surface area contributed by atoms with Crippen LogP contribution in [0.3, 0.4) is 0 Å². The second-order valence-corrected chi connectivity index (χ2v) is 11.2. The van der Waals surface area contributed by atoms with E-state index in [2.05, 4.69) is 27.7 Å². The van der Waals surface area contributed by atoms with Gasteiger partial charge in [0.2, 0.25) is 0 Å². The maximum atomic E-state index is 6.55. The molecule has 0 aliphatic heterocycles. The summed E-state index contributed by atoms with van der Waals surface area (Å²) in [5.41, 5.74) is 1.48. The molecule has 0 N–H and O–H groups in total. The van der Waals surface area contributed by atoms with Crippen LogP contribution < -0.4 is 0 Å². The Kier molecular flexibility index (Phi) is 6.76. The van der Waals surface area contributed by atoms with Gasteiger partial charge in [-0.15, -0.1) is 0 Å².